The zero-order chi connectivity index (χ0) is 14.1. The predicted octanol–water partition coefficient (Wildman–Crippen LogP) is 3.41. The van der Waals surface area contributed by atoms with Gasteiger partial charge in [-0.1, -0.05) is 44.0 Å². The molecule has 1 unspecified atom stereocenters. The molecule has 0 aliphatic carbocycles. The number of aliphatic hydroxyl groups excluding tert-OH is 1. The summed E-state index contributed by atoms with van der Waals surface area (Å²) >= 11 is 0. The number of carbonyl (C=O) groups excluding carboxylic acids is 1. The van der Waals surface area contributed by atoms with Crippen molar-refractivity contribution in [2.24, 2.45) is 0 Å². The summed E-state index contributed by atoms with van der Waals surface area (Å²) in [5.74, 6) is -0.161. The highest BCUT2D eigenvalue weighted by atomic mass is 16.5. The molecule has 1 aromatic carbocycles. The van der Waals surface area contributed by atoms with Crippen LogP contribution >= 0.6 is 0 Å². The molecule has 0 amide bonds. The lowest BCUT2D eigenvalue weighted by atomic mass is 10.0. The highest BCUT2D eigenvalue weighted by Crippen LogP contribution is 2.20. The molecule has 3 heteroatoms. The number of esters is 1. The molecule has 0 aromatic heterocycles. The van der Waals surface area contributed by atoms with Crippen molar-refractivity contribution >= 4 is 5.97 Å². The number of methoxy groups -OCH3 is 1. The molecule has 0 aliphatic heterocycles. The molecular formula is C16H24O3. The monoisotopic (exact) mass is 264 g/mol. The maximum atomic E-state index is 11.0. The van der Waals surface area contributed by atoms with Crippen LogP contribution in [-0.2, 0) is 16.0 Å². The number of ether oxygens (including phenoxy) is 1. The van der Waals surface area contributed by atoms with Crippen molar-refractivity contribution in [3.8, 4) is 0 Å². The summed E-state index contributed by atoms with van der Waals surface area (Å²) in [6.45, 7) is 2.12. The fourth-order valence-corrected chi connectivity index (χ4v) is 2.01. The summed E-state index contributed by atoms with van der Waals surface area (Å²) in [6, 6.07) is 8.02. The van der Waals surface area contributed by atoms with E-state index >= 15 is 0 Å². The van der Waals surface area contributed by atoms with Gasteiger partial charge in [-0.25, -0.2) is 0 Å². The standard InChI is InChI=1S/C16H24O3/c1-3-4-7-15(17)14-11-9-13(10-12-14)6-5-8-16(18)19-2/h9-12,15,17H,3-8H2,1-2H3. The van der Waals surface area contributed by atoms with Gasteiger partial charge < -0.3 is 9.84 Å². The van der Waals surface area contributed by atoms with Crippen molar-refractivity contribution in [3.63, 3.8) is 0 Å². The maximum absolute atomic E-state index is 11.0. The van der Waals surface area contributed by atoms with Gasteiger partial charge in [-0.15, -0.1) is 0 Å². The minimum absolute atomic E-state index is 0.161. The number of aryl methyl sites for hydroxylation is 1. The number of unbranched alkanes of at least 4 members (excludes halogenated alkanes) is 1. The minimum Gasteiger partial charge on any atom is -0.469 e. The summed E-state index contributed by atoms with van der Waals surface area (Å²) in [6.07, 6.45) is 4.72. The Morgan fingerprint density at radius 2 is 1.95 bits per heavy atom. The highest BCUT2D eigenvalue weighted by Gasteiger charge is 2.06. The summed E-state index contributed by atoms with van der Waals surface area (Å²) < 4.78 is 4.60. The average Bonchev–Trinajstić information content (AvgIpc) is 2.45. The summed E-state index contributed by atoms with van der Waals surface area (Å²) in [7, 11) is 1.41. The van der Waals surface area contributed by atoms with Crippen LogP contribution in [0.3, 0.4) is 0 Å². The Morgan fingerprint density at radius 3 is 2.53 bits per heavy atom. The van der Waals surface area contributed by atoms with Gasteiger partial charge in [0.1, 0.15) is 0 Å². The number of aliphatic hydroxyl groups is 1. The number of rotatable bonds is 8. The van der Waals surface area contributed by atoms with Gasteiger partial charge in [0.05, 0.1) is 13.2 Å². The minimum atomic E-state index is -0.357. The van der Waals surface area contributed by atoms with Crippen molar-refractivity contribution < 1.29 is 14.6 Å². The van der Waals surface area contributed by atoms with Gasteiger partial charge in [-0.3, -0.25) is 4.79 Å². The molecule has 3 nitrogen and oxygen atoms in total. The molecule has 0 saturated carbocycles. The molecule has 0 aliphatic rings. The Kier molecular flexibility index (Phi) is 7.19. The van der Waals surface area contributed by atoms with Crippen LogP contribution in [0.1, 0.15) is 56.3 Å². The Labute approximate surface area is 115 Å². The van der Waals surface area contributed by atoms with Gasteiger partial charge in [-0.2, -0.15) is 0 Å². The van der Waals surface area contributed by atoms with E-state index in [1.54, 1.807) is 0 Å². The van der Waals surface area contributed by atoms with Gasteiger partial charge in [0.15, 0.2) is 0 Å². The SMILES string of the molecule is CCCCC(O)c1ccc(CCCC(=O)OC)cc1. The molecule has 0 bridgehead atoms. The highest BCUT2D eigenvalue weighted by molar-refractivity contribution is 5.69. The van der Waals surface area contributed by atoms with E-state index in [2.05, 4.69) is 11.7 Å². The van der Waals surface area contributed by atoms with Crippen LogP contribution in [0.25, 0.3) is 0 Å². The van der Waals surface area contributed by atoms with Crippen molar-refractivity contribution in [2.75, 3.05) is 7.11 Å². The smallest absolute Gasteiger partial charge is 0.305 e. The van der Waals surface area contributed by atoms with Crippen LogP contribution in [0.15, 0.2) is 24.3 Å². The molecule has 0 heterocycles. The molecular weight excluding hydrogens is 240 g/mol. The van der Waals surface area contributed by atoms with Gasteiger partial charge in [-0.05, 0) is 30.4 Å². The lowest BCUT2D eigenvalue weighted by Gasteiger charge is -2.11. The first-order valence-electron chi connectivity index (χ1n) is 7.01. The molecule has 0 fully saturated rings. The van der Waals surface area contributed by atoms with Crippen molar-refractivity contribution in [3.05, 3.63) is 35.4 Å². The number of hydrogen-bond donors (Lipinski definition) is 1. The molecule has 1 N–H and O–H groups in total. The topological polar surface area (TPSA) is 46.5 Å². The Bertz CT molecular complexity index is 370. The first-order valence-corrected chi connectivity index (χ1v) is 7.01. The maximum Gasteiger partial charge on any atom is 0.305 e. The Balaban J connectivity index is 2.40. The first kappa shape index (κ1) is 15.7. The van der Waals surface area contributed by atoms with E-state index < -0.39 is 0 Å². The van der Waals surface area contributed by atoms with Gasteiger partial charge in [0.2, 0.25) is 0 Å². The van der Waals surface area contributed by atoms with E-state index in [-0.39, 0.29) is 12.1 Å². The quantitative estimate of drug-likeness (QED) is 0.732. The molecule has 19 heavy (non-hydrogen) atoms. The van der Waals surface area contributed by atoms with Crippen LogP contribution in [0, 0.1) is 0 Å². The molecule has 1 atom stereocenters. The lowest BCUT2D eigenvalue weighted by molar-refractivity contribution is -0.140. The molecule has 1 rings (SSSR count). The summed E-state index contributed by atoms with van der Waals surface area (Å²) in [4.78, 5) is 11.0. The Morgan fingerprint density at radius 1 is 1.26 bits per heavy atom. The molecule has 0 spiro atoms. The largest absolute Gasteiger partial charge is 0.469 e. The summed E-state index contributed by atoms with van der Waals surface area (Å²) in [5, 5.41) is 9.96. The lowest BCUT2D eigenvalue weighted by Crippen LogP contribution is -2.01. The van der Waals surface area contributed by atoms with Crippen molar-refractivity contribution in [2.45, 2.75) is 51.6 Å². The van der Waals surface area contributed by atoms with Gasteiger partial charge in [0.25, 0.3) is 0 Å². The third kappa shape index (κ3) is 5.88. The van der Waals surface area contributed by atoms with E-state index in [0.717, 1.165) is 37.7 Å². The normalized spacial score (nSPS) is 12.2. The van der Waals surface area contributed by atoms with E-state index in [1.165, 1.54) is 12.7 Å². The second kappa shape index (κ2) is 8.70. The van der Waals surface area contributed by atoms with Crippen molar-refractivity contribution in [1.82, 2.24) is 0 Å². The van der Waals surface area contributed by atoms with Crippen LogP contribution in [-0.4, -0.2) is 18.2 Å². The average molecular weight is 264 g/mol. The number of carbonyl (C=O) groups is 1. The predicted molar refractivity (Wildman–Crippen MR) is 75.9 cm³/mol. The molecule has 1 aromatic rings. The Hall–Kier alpha value is -1.35. The molecule has 0 saturated heterocycles. The van der Waals surface area contributed by atoms with Crippen LogP contribution < -0.4 is 0 Å². The zero-order valence-electron chi connectivity index (χ0n) is 11.9. The van der Waals surface area contributed by atoms with E-state index in [0.29, 0.717) is 6.42 Å². The fourth-order valence-electron chi connectivity index (χ4n) is 2.01. The zero-order valence-corrected chi connectivity index (χ0v) is 11.9. The third-order valence-corrected chi connectivity index (χ3v) is 3.27. The van der Waals surface area contributed by atoms with E-state index in [4.69, 9.17) is 0 Å². The molecule has 106 valence electrons. The van der Waals surface area contributed by atoms with Crippen LogP contribution in [0.2, 0.25) is 0 Å². The van der Waals surface area contributed by atoms with Gasteiger partial charge in [0, 0.05) is 6.42 Å². The van der Waals surface area contributed by atoms with E-state index in [1.807, 2.05) is 24.3 Å². The third-order valence-electron chi connectivity index (χ3n) is 3.27. The fraction of sp³-hybridized carbons (Fsp3) is 0.562. The summed E-state index contributed by atoms with van der Waals surface area (Å²) in [5.41, 5.74) is 2.17. The second-order valence-corrected chi connectivity index (χ2v) is 4.83. The number of benzene rings is 1. The number of hydrogen-bond acceptors (Lipinski definition) is 3. The van der Waals surface area contributed by atoms with Crippen molar-refractivity contribution in [1.29, 1.82) is 0 Å². The van der Waals surface area contributed by atoms with Crippen LogP contribution in [0.5, 0.6) is 0 Å². The molecule has 0 radical (unpaired) electrons. The first-order chi connectivity index (χ1) is 9.17. The van der Waals surface area contributed by atoms with Crippen LogP contribution in [0.4, 0.5) is 0 Å². The second-order valence-electron chi connectivity index (χ2n) is 4.83. The van der Waals surface area contributed by atoms with Gasteiger partial charge >= 0.3 is 5.97 Å². The van der Waals surface area contributed by atoms with E-state index in [9.17, 15) is 9.90 Å².